The van der Waals surface area contributed by atoms with Crippen molar-refractivity contribution in [3.63, 3.8) is 0 Å². The maximum Gasteiger partial charge on any atom is 0.133 e. The van der Waals surface area contributed by atoms with Crippen molar-refractivity contribution >= 4 is 5.82 Å². The Balaban J connectivity index is 2.08. The first-order valence-corrected chi connectivity index (χ1v) is 5.66. The van der Waals surface area contributed by atoms with Crippen LogP contribution in [0.3, 0.4) is 0 Å². The van der Waals surface area contributed by atoms with E-state index in [0.29, 0.717) is 18.0 Å². The molecule has 0 aliphatic heterocycles. The molecule has 0 spiro atoms. The summed E-state index contributed by atoms with van der Waals surface area (Å²) in [5.41, 5.74) is 6.53. The summed E-state index contributed by atoms with van der Waals surface area (Å²) in [7, 11) is 0. The Hall–Kier alpha value is -1.81. The minimum absolute atomic E-state index is 0.461. The Kier molecular flexibility index (Phi) is 3.44. The molecule has 4 nitrogen and oxygen atoms in total. The van der Waals surface area contributed by atoms with Crippen LogP contribution in [0.25, 0.3) is 0 Å². The number of nitrogens with two attached hydrogens (primary N) is 1. The Bertz CT molecular complexity index is 494. The highest BCUT2D eigenvalue weighted by Gasteiger charge is 2.13. The Morgan fingerprint density at radius 1 is 1.41 bits per heavy atom. The monoisotopic (exact) mass is 232 g/mol. The normalized spacial score (nSPS) is 12.6. The number of anilines is 1. The highest BCUT2D eigenvalue weighted by molar-refractivity contribution is 5.32. The van der Waals surface area contributed by atoms with Crippen molar-refractivity contribution in [2.24, 2.45) is 0 Å². The van der Waals surface area contributed by atoms with E-state index >= 15 is 0 Å². The van der Waals surface area contributed by atoms with Crippen molar-refractivity contribution in [1.29, 1.82) is 0 Å². The molecule has 4 heteroatoms. The van der Waals surface area contributed by atoms with Gasteiger partial charge in [-0.3, -0.25) is 0 Å². The number of rotatable bonds is 4. The van der Waals surface area contributed by atoms with Gasteiger partial charge in [0.15, 0.2) is 0 Å². The predicted molar refractivity (Wildman–Crippen MR) is 65.4 cm³/mol. The van der Waals surface area contributed by atoms with Crippen LogP contribution in [-0.2, 0) is 12.8 Å². The van der Waals surface area contributed by atoms with Gasteiger partial charge in [0.25, 0.3) is 0 Å². The lowest BCUT2D eigenvalue weighted by Crippen LogP contribution is -2.01. The number of pyridine rings is 1. The second-order valence-electron chi connectivity index (χ2n) is 3.97. The molecule has 1 atom stereocenters. The van der Waals surface area contributed by atoms with Crippen LogP contribution < -0.4 is 5.73 Å². The molecule has 2 rings (SSSR count). The van der Waals surface area contributed by atoms with Crippen molar-refractivity contribution in [1.82, 2.24) is 4.98 Å². The molecule has 0 saturated carbocycles. The lowest BCUT2D eigenvalue weighted by Gasteiger charge is -2.08. The van der Waals surface area contributed by atoms with E-state index in [9.17, 15) is 5.11 Å². The number of hydrogen-bond donors (Lipinski definition) is 2. The summed E-state index contributed by atoms with van der Waals surface area (Å²) in [5, 5.41) is 10.0. The summed E-state index contributed by atoms with van der Waals surface area (Å²) in [5.74, 6) is 1.94. The van der Waals surface area contributed by atoms with Gasteiger partial charge in [-0.05, 0) is 29.8 Å². The largest absolute Gasteiger partial charge is 0.463 e. The molecule has 0 bridgehead atoms. The smallest absolute Gasteiger partial charge is 0.133 e. The van der Waals surface area contributed by atoms with E-state index in [0.717, 1.165) is 17.7 Å². The van der Waals surface area contributed by atoms with Crippen LogP contribution in [-0.4, -0.2) is 10.1 Å². The van der Waals surface area contributed by atoms with Gasteiger partial charge in [-0.25, -0.2) is 4.98 Å². The second kappa shape index (κ2) is 5.01. The van der Waals surface area contributed by atoms with E-state index in [1.54, 1.807) is 12.3 Å². The van der Waals surface area contributed by atoms with E-state index in [2.05, 4.69) is 4.98 Å². The van der Waals surface area contributed by atoms with Gasteiger partial charge in [-0.2, -0.15) is 0 Å². The fraction of sp³-hybridized carbons (Fsp3) is 0.308. The van der Waals surface area contributed by atoms with E-state index in [-0.39, 0.29) is 0 Å². The van der Waals surface area contributed by atoms with Crippen LogP contribution in [0.1, 0.15) is 30.1 Å². The van der Waals surface area contributed by atoms with Crippen molar-refractivity contribution in [2.45, 2.75) is 25.9 Å². The fourth-order valence-corrected chi connectivity index (χ4v) is 1.71. The van der Waals surface area contributed by atoms with Gasteiger partial charge in [-0.15, -0.1) is 0 Å². The third kappa shape index (κ3) is 2.85. The highest BCUT2D eigenvalue weighted by atomic mass is 16.4. The number of aromatic nitrogens is 1. The topological polar surface area (TPSA) is 72.3 Å². The molecular weight excluding hydrogens is 216 g/mol. The molecule has 90 valence electrons. The molecule has 0 amide bonds. The molecule has 0 aliphatic rings. The molecular formula is C13H16N2O2. The zero-order valence-corrected chi connectivity index (χ0v) is 9.76. The van der Waals surface area contributed by atoms with E-state index in [1.165, 1.54) is 0 Å². The van der Waals surface area contributed by atoms with Gasteiger partial charge < -0.3 is 15.3 Å². The maximum atomic E-state index is 10.0. The number of aryl methyl sites for hydroxylation is 1. The number of nitrogens with zero attached hydrogens (tertiary/aromatic N) is 1. The summed E-state index contributed by atoms with van der Waals surface area (Å²) in [6.07, 6.45) is 2.30. The third-order valence-electron chi connectivity index (χ3n) is 2.63. The minimum atomic E-state index is -0.642. The summed E-state index contributed by atoms with van der Waals surface area (Å²) in [4.78, 5) is 3.91. The first-order chi connectivity index (χ1) is 8.19. The molecule has 17 heavy (non-hydrogen) atoms. The standard InChI is InChI=1S/C13H16N2O2/c1-2-10-3-4-12(17-10)11(16)7-9-5-6-15-13(14)8-9/h3-6,8,11,16H,2,7H2,1H3,(H2,14,15). The molecule has 0 fully saturated rings. The van der Waals surface area contributed by atoms with Crippen LogP contribution in [0.5, 0.6) is 0 Å². The van der Waals surface area contributed by atoms with Gasteiger partial charge in [-0.1, -0.05) is 6.92 Å². The molecule has 0 aromatic carbocycles. The van der Waals surface area contributed by atoms with Crippen LogP contribution in [0.2, 0.25) is 0 Å². The van der Waals surface area contributed by atoms with E-state index in [1.807, 2.05) is 25.1 Å². The third-order valence-corrected chi connectivity index (χ3v) is 2.63. The maximum absolute atomic E-state index is 10.0. The molecule has 3 N–H and O–H groups in total. The Labute approximate surface area is 100 Å². The first-order valence-electron chi connectivity index (χ1n) is 5.66. The molecule has 0 aliphatic carbocycles. The zero-order chi connectivity index (χ0) is 12.3. The van der Waals surface area contributed by atoms with Crippen LogP contribution >= 0.6 is 0 Å². The number of nitrogen functional groups attached to an aromatic ring is 1. The van der Waals surface area contributed by atoms with Gasteiger partial charge in [0, 0.05) is 19.0 Å². The predicted octanol–water partition coefficient (Wildman–Crippen LogP) is 2.10. The zero-order valence-electron chi connectivity index (χ0n) is 9.76. The molecule has 1 unspecified atom stereocenters. The minimum Gasteiger partial charge on any atom is -0.463 e. The fourth-order valence-electron chi connectivity index (χ4n) is 1.71. The summed E-state index contributed by atoms with van der Waals surface area (Å²) < 4.78 is 5.50. The first kappa shape index (κ1) is 11.7. The van der Waals surface area contributed by atoms with Crippen LogP contribution in [0, 0.1) is 0 Å². The number of aliphatic hydroxyl groups is 1. The average Bonchev–Trinajstić information content (AvgIpc) is 2.77. The van der Waals surface area contributed by atoms with Crippen molar-refractivity contribution < 1.29 is 9.52 Å². The molecule has 2 heterocycles. The van der Waals surface area contributed by atoms with Gasteiger partial charge in [0.1, 0.15) is 23.4 Å². The summed E-state index contributed by atoms with van der Waals surface area (Å²) >= 11 is 0. The van der Waals surface area contributed by atoms with E-state index in [4.69, 9.17) is 10.2 Å². The molecule has 0 saturated heterocycles. The van der Waals surface area contributed by atoms with Crippen molar-refractivity contribution in [3.05, 3.63) is 47.5 Å². The molecule has 0 radical (unpaired) electrons. The molecule has 2 aromatic heterocycles. The van der Waals surface area contributed by atoms with E-state index < -0.39 is 6.10 Å². The quantitative estimate of drug-likeness (QED) is 0.846. The number of aliphatic hydroxyl groups excluding tert-OH is 1. The number of hydrogen-bond acceptors (Lipinski definition) is 4. The summed E-state index contributed by atoms with van der Waals surface area (Å²) in [6, 6.07) is 7.30. The SMILES string of the molecule is CCc1ccc(C(O)Cc2ccnc(N)c2)o1. The second-order valence-corrected chi connectivity index (χ2v) is 3.97. The number of furan rings is 1. The van der Waals surface area contributed by atoms with Crippen LogP contribution in [0.15, 0.2) is 34.9 Å². The van der Waals surface area contributed by atoms with Crippen molar-refractivity contribution in [3.8, 4) is 0 Å². The summed E-state index contributed by atoms with van der Waals surface area (Å²) in [6.45, 7) is 2.01. The lowest BCUT2D eigenvalue weighted by molar-refractivity contribution is 0.148. The highest BCUT2D eigenvalue weighted by Crippen LogP contribution is 2.21. The van der Waals surface area contributed by atoms with Gasteiger partial charge in [0.2, 0.25) is 0 Å². The lowest BCUT2D eigenvalue weighted by atomic mass is 10.1. The molecule has 2 aromatic rings. The Morgan fingerprint density at radius 3 is 2.88 bits per heavy atom. The van der Waals surface area contributed by atoms with Gasteiger partial charge >= 0.3 is 0 Å². The Morgan fingerprint density at radius 2 is 2.24 bits per heavy atom. The van der Waals surface area contributed by atoms with Crippen molar-refractivity contribution in [2.75, 3.05) is 5.73 Å². The van der Waals surface area contributed by atoms with Gasteiger partial charge in [0.05, 0.1) is 0 Å². The average molecular weight is 232 g/mol. The van der Waals surface area contributed by atoms with Crippen LogP contribution in [0.4, 0.5) is 5.82 Å².